The molecule has 2 rings (SSSR count). The van der Waals surface area contributed by atoms with E-state index in [1.807, 2.05) is 0 Å². The molecule has 19 heavy (non-hydrogen) atoms. The minimum atomic E-state index is -1.04. The molecular formula is C14H13NO4. The summed E-state index contributed by atoms with van der Waals surface area (Å²) in [5, 5.41) is 17.8. The molecule has 0 atom stereocenters. The third-order valence-electron chi connectivity index (χ3n) is 2.59. The van der Waals surface area contributed by atoms with Crippen LogP contribution in [0.4, 0.5) is 5.69 Å². The molecule has 0 aliphatic heterocycles. The first-order chi connectivity index (χ1) is 9.10. The number of rotatable bonds is 4. The van der Waals surface area contributed by atoms with Crippen molar-refractivity contribution in [3.8, 4) is 11.5 Å². The highest BCUT2D eigenvalue weighted by molar-refractivity contribution is 5.89. The number of aliphatic hydroxyl groups excluding tert-OH is 1. The summed E-state index contributed by atoms with van der Waals surface area (Å²) >= 11 is 0. The van der Waals surface area contributed by atoms with Gasteiger partial charge in [0, 0.05) is 0 Å². The topological polar surface area (TPSA) is 92.8 Å². The standard InChI is InChI=1S/C14H13NO4/c15-12-7-10(14(17)18)3-6-13(12)19-11-4-1-9(8-16)2-5-11/h1-7,16H,8,15H2,(H,17,18). The smallest absolute Gasteiger partial charge is 0.335 e. The summed E-state index contributed by atoms with van der Waals surface area (Å²) in [6.45, 7) is -0.0320. The van der Waals surface area contributed by atoms with Crippen molar-refractivity contribution in [1.82, 2.24) is 0 Å². The summed E-state index contributed by atoms with van der Waals surface area (Å²) in [5.74, 6) is -0.0840. The first-order valence-corrected chi connectivity index (χ1v) is 5.60. The Labute approximate surface area is 109 Å². The molecule has 0 heterocycles. The van der Waals surface area contributed by atoms with Crippen LogP contribution in [0.3, 0.4) is 0 Å². The molecule has 98 valence electrons. The molecule has 0 unspecified atom stereocenters. The molecule has 2 aromatic carbocycles. The number of ether oxygens (including phenoxy) is 1. The Balaban J connectivity index is 2.20. The van der Waals surface area contributed by atoms with E-state index in [4.69, 9.17) is 20.7 Å². The van der Waals surface area contributed by atoms with Gasteiger partial charge in [0.25, 0.3) is 0 Å². The average molecular weight is 259 g/mol. The molecular weight excluding hydrogens is 246 g/mol. The number of carboxylic acids is 1. The lowest BCUT2D eigenvalue weighted by molar-refractivity contribution is 0.0697. The predicted molar refractivity (Wildman–Crippen MR) is 70.3 cm³/mol. The maximum Gasteiger partial charge on any atom is 0.335 e. The maximum absolute atomic E-state index is 10.8. The largest absolute Gasteiger partial charge is 0.478 e. The van der Waals surface area contributed by atoms with E-state index < -0.39 is 5.97 Å². The Morgan fingerprint density at radius 1 is 1.16 bits per heavy atom. The third kappa shape index (κ3) is 3.02. The molecule has 0 spiro atoms. The van der Waals surface area contributed by atoms with Gasteiger partial charge in [-0.15, -0.1) is 0 Å². The van der Waals surface area contributed by atoms with Gasteiger partial charge in [-0.1, -0.05) is 12.1 Å². The van der Waals surface area contributed by atoms with E-state index in [2.05, 4.69) is 0 Å². The molecule has 0 aliphatic carbocycles. The van der Waals surface area contributed by atoms with E-state index in [-0.39, 0.29) is 17.9 Å². The summed E-state index contributed by atoms with van der Waals surface area (Å²) in [6, 6.07) is 11.2. The van der Waals surface area contributed by atoms with Crippen LogP contribution >= 0.6 is 0 Å². The Kier molecular flexibility index (Phi) is 3.68. The van der Waals surface area contributed by atoms with Crippen LogP contribution in [0.5, 0.6) is 11.5 Å². The van der Waals surface area contributed by atoms with E-state index in [1.165, 1.54) is 18.2 Å². The van der Waals surface area contributed by atoms with Crippen molar-refractivity contribution in [2.75, 3.05) is 5.73 Å². The van der Waals surface area contributed by atoms with E-state index in [1.54, 1.807) is 24.3 Å². The van der Waals surface area contributed by atoms with Gasteiger partial charge in [0.15, 0.2) is 0 Å². The van der Waals surface area contributed by atoms with Gasteiger partial charge in [-0.05, 0) is 35.9 Å². The summed E-state index contributed by atoms with van der Waals surface area (Å²) in [4.78, 5) is 10.8. The van der Waals surface area contributed by atoms with Crippen molar-refractivity contribution < 1.29 is 19.7 Å². The van der Waals surface area contributed by atoms with Gasteiger partial charge < -0.3 is 20.7 Å². The van der Waals surface area contributed by atoms with Crippen LogP contribution in [-0.4, -0.2) is 16.2 Å². The fraction of sp³-hybridized carbons (Fsp3) is 0.0714. The Hall–Kier alpha value is -2.53. The number of hydrogen-bond donors (Lipinski definition) is 3. The van der Waals surface area contributed by atoms with Crippen LogP contribution in [0, 0.1) is 0 Å². The lowest BCUT2D eigenvalue weighted by Crippen LogP contribution is -1.99. The molecule has 0 bridgehead atoms. The van der Waals surface area contributed by atoms with E-state index in [0.717, 1.165) is 5.56 Å². The minimum absolute atomic E-state index is 0.0320. The number of aromatic carboxylic acids is 1. The summed E-state index contributed by atoms with van der Waals surface area (Å²) in [5.41, 5.74) is 6.88. The van der Waals surface area contributed by atoms with Crippen molar-refractivity contribution >= 4 is 11.7 Å². The monoisotopic (exact) mass is 259 g/mol. The first kappa shape index (κ1) is 12.9. The highest BCUT2D eigenvalue weighted by Crippen LogP contribution is 2.28. The molecule has 4 N–H and O–H groups in total. The Bertz CT molecular complexity index is 593. The number of carbonyl (C=O) groups is 1. The second kappa shape index (κ2) is 5.41. The SMILES string of the molecule is Nc1cc(C(=O)O)ccc1Oc1ccc(CO)cc1. The first-order valence-electron chi connectivity index (χ1n) is 5.60. The zero-order chi connectivity index (χ0) is 13.8. The quantitative estimate of drug-likeness (QED) is 0.732. The van der Waals surface area contributed by atoms with Crippen molar-refractivity contribution in [3.05, 3.63) is 53.6 Å². The van der Waals surface area contributed by atoms with Crippen molar-refractivity contribution in [3.63, 3.8) is 0 Å². The Morgan fingerprint density at radius 3 is 2.37 bits per heavy atom. The molecule has 0 aliphatic rings. The van der Waals surface area contributed by atoms with Crippen molar-refractivity contribution in [2.24, 2.45) is 0 Å². The van der Waals surface area contributed by atoms with Gasteiger partial charge in [-0.2, -0.15) is 0 Å². The predicted octanol–water partition coefficient (Wildman–Crippen LogP) is 2.25. The van der Waals surface area contributed by atoms with Gasteiger partial charge in [-0.25, -0.2) is 4.79 Å². The zero-order valence-electron chi connectivity index (χ0n) is 10.0. The molecule has 0 saturated carbocycles. The Morgan fingerprint density at radius 2 is 1.84 bits per heavy atom. The molecule has 5 heteroatoms. The molecule has 5 nitrogen and oxygen atoms in total. The second-order valence-corrected chi connectivity index (χ2v) is 3.96. The molecule has 0 saturated heterocycles. The van der Waals surface area contributed by atoms with Crippen molar-refractivity contribution in [2.45, 2.75) is 6.61 Å². The van der Waals surface area contributed by atoms with Crippen LogP contribution in [0.15, 0.2) is 42.5 Å². The summed E-state index contributed by atoms with van der Waals surface area (Å²) in [7, 11) is 0. The van der Waals surface area contributed by atoms with Gasteiger partial charge in [-0.3, -0.25) is 0 Å². The molecule has 2 aromatic rings. The lowest BCUT2D eigenvalue weighted by Gasteiger charge is -2.09. The number of carboxylic acid groups (broad SMARTS) is 1. The molecule has 0 amide bonds. The number of benzene rings is 2. The minimum Gasteiger partial charge on any atom is -0.478 e. The second-order valence-electron chi connectivity index (χ2n) is 3.96. The number of hydrogen-bond acceptors (Lipinski definition) is 4. The van der Waals surface area contributed by atoms with E-state index >= 15 is 0 Å². The van der Waals surface area contributed by atoms with Gasteiger partial charge in [0.05, 0.1) is 17.9 Å². The maximum atomic E-state index is 10.8. The number of nitrogen functional groups attached to an aromatic ring is 1. The number of nitrogens with two attached hydrogens (primary N) is 1. The molecule has 0 fully saturated rings. The van der Waals surface area contributed by atoms with Crippen LogP contribution < -0.4 is 10.5 Å². The van der Waals surface area contributed by atoms with Crippen LogP contribution in [0.2, 0.25) is 0 Å². The van der Waals surface area contributed by atoms with Crippen molar-refractivity contribution in [1.29, 1.82) is 0 Å². The summed E-state index contributed by atoms with van der Waals surface area (Å²) in [6.07, 6.45) is 0. The van der Waals surface area contributed by atoms with E-state index in [9.17, 15) is 4.79 Å². The fourth-order valence-electron chi connectivity index (χ4n) is 1.56. The van der Waals surface area contributed by atoms with Gasteiger partial charge >= 0.3 is 5.97 Å². The highest BCUT2D eigenvalue weighted by atomic mass is 16.5. The average Bonchev–Trinajstić information content (AvgIpc) is 2.41. The zero-order valence-corrected chi connectivity index (χ0v) is 10.0. The van der Waals surface area contributed by atoms with Crippen LogP contribution in [-0.2, 0) is 6.61 Å². The summed E-state index contributed by atoms with van der Waals surface area (Å²) < 4.78 is 5.54. The van der Waals surface area contributed by atoms with E-state index in [0.29, 0.717) is 11.5 Å². The normalized spacial score (nSPS) is 10.2. The van der Waals surface area contributed by atoms with Gasteiger partial charge in [0.1, 0.15) is 11.5 Å². The molecule has 0 radical (unpaired) electrons. The van der Waals surface area contributed by atoms with Crippen LogP contribution in [0.1, 0.15) is 15.9 Å². The number of anilines is 1. The number of aliphatic hydroxyl groups is 1. The van der Waals surface area contributed by atoms with Gasteiger partial charge in [0.2, 0.25) is 0 Å². The highest BCUT2D eigenvalue weighted by Gasteiger charge is 2.07. The lowest BCUT2D eigenvalue weighted by atomic mass is 10.2. The molecule has 0 aromatic heterocycles. The third-order valence-corrected chi connectivity index (χ3v) is 2.59. The van der Waals surface area contributed by atoms with Crippen LogP contribution in [0.25, 0.3) is 0 Å². The fourth-order valence-corrected chi connectivity index (χ4v) is 1.56.